The summed E-state index contributed by atoms with van der Waals surface area (Å²) in [7, 11) is -1.00. The fraction of sp³-hybridized carbons (Fsp3) is 1.00. The molecule has 2 unspecified atom stereocenters. The summed E-state index contributed by atoms with van der Waals surface area (Å²) >= 11 is 0. The van der Waals surface area contributed by atoms with Crippen LogP contribution in [0.2, 0.25) is 19.6 Å². The summed E-state index contributed by atoms with van der Waals surface area (Å²) in [5, 5.41) is 10.1. The zero-order chi connectivity index (χ0) is 13.4. The molecule has 1 saturated heterocycles. The van der Waals surface area contributed by atoms with Crippen molar-refractivity contribution in [1.29, 1.82) is 0 Å². The molecule has 2 aliphatic rings. The van der Waals surface area contributed by atoms with E-state index in [1.54, 1.807) is 0 Å². The van der Waals surface area contributed by atoms with Crippen LogP contribution in [-0.2, 0) is 4.74 Å². The Bertz CT molecular complexity index is 280. The van der Waals surface area contributed by atoms with Crippen molar-refractivity contribution in [3.05, 3.63) is 0 Å². The van der Waals surface area contributed by atoms with Crippen molar-refractivity contribution in [2.45, 2.75) is 58.0 Å². The molecule has 18 heavy (non-hydrogen) atoms. The van der Waals surface area contributed by atoms with E-state index in [2.05, 4.69) is 31.5 Å². The first-order valence-corrected chi connectivity index (χ1v) is 11.1. The second kappa shape index (κ2) is 5.23. The molecule has 0 bridgehead atoms. The maximum absolute atomic E-state index is 10.1. The molecule has 0 aromatic heterocycles. The highest BCUT2D eigenvalue weighted by Crippen LogP contribution is 2.50. The Morgan fingerprint density at radius 1 is 1.28 bits per heavy atom. The Morgan fingerprint density at radius 3 is 2.33 bits per heavy atom. The van der Waals surface area contributed by atoms with Crippen molar-refractivity contribution in [3.63, 3.8) is 0 Å². The number of aliphatic hydroxyl groups excluding tert-OH is 1. The fourth-order valence-electron chi connectivity index (χ4n) is 3.61. The number of nitrogens with zero attached hydrogens (tertiary/aromatic N) is 1. The Labute approximate surface area is 113 Å². The van der Waals surface area contributed by atoms with Crippen LogP contribution in [0.1, 0.15) is 26.2 Å². The van der Waals surface area contributed by atoms with Crippen LogP contribution < -0.4 is 0 Å². The standard InChI is InChI=1S/C14H29NO2Si/c1-5-17-13-10-12(16)14(13)6-8-15(9-7-14)11-18(2,3)4/h12-13,16H,5-11H2,1-4H3. The van der Waals surface area contributed by atoms with E-state index in [-0.39, 0.29) is 11.5 Å². The van der Waals surface area contributed by atoms with Gasteiger partial charge >= 0.3 is 0 Å². The minimum absolute atomic E-state index is 0.0892. The molecular formula is C14H29NO2Si. The molecule has 1 aliphatic carbocycles. The molecule has 0 aromatic carbocycles. The van der Waals surface area contributed by atoms with E-state index in [0.29, 0.717) is 6.10 Å². The van der Waals surface area contributed by atoms with Gasteiger partial charge in [0, 0.05) is 18.4 Å². The van der Waals surface area contributed by atoms with E-state index in [1.165, 1.54) is 6.17 Å². The van der Waals surface area contributed by atoms with Crippen LogP contribution in [-0.4, -0.2) is 56.2 Å². The van der Waals surface area contributed by atoms with Crippen molar-refractivity contribution in [1.82, 2.24) is 4.90 Å². The summed E-state index contributed by atoms with van der Waals surface area (Å²) in [4.78, 5) is 2.60. The topological polar surface area (TPSA) is 32.7 Å². The second-order valence-corrected chi connectivity index (χ2v) is 12.7. The number of aliphatic hydroxyl groups is 1. The molecule has 4 heteroatoms. The Balaban J connectivity index is 1.89. The van der Waals surface area contributed by atoms with Crippen LogP contribution in [0.4, 0.5) is 0 Å². The Morgan fingerprint density at radius 2 is 1.89 bits per heavy atom. The van der Waals surface area contributed by atoms with Crippen LogP contribution in [0.15, 0.2) is 0 Å². The van der Waals surface area contributed by atoms with Crippen LogP contribution in [0.5, 0.6) is 0 Å². The molecule has 1 aliphatic heterocycles. The molecule has 2 atom stereocenters. The van der Waals surface area contributed by atoms with Crippen molar-refractivity contribution in [2.75, 3.05) is 25.9 Å². The summed E-state index contributed by atoms with van der Waals surface area (Å²) in [6.45, 7) is 12.4. The van der Waals surface area contributed by atoms with Crippen LogP contribution in [0.3, 0.4) is 0 Å². The zero-order valence-electron chi connectivity index (χ0n) is 12.4. The van der Waals surface area contributed by atoms with Gasteiger partial charge in [-0.15, -0.1) is 0 Å². The van der Waals surface area contributed by atoms with Crippen LogP contribution in [0, 0.1) is 5.41 Å². The van der Waals surface area contributed by atoms with Gasteiger partial charge in [0.15, 0.2) is 0 Å². The van der Waals surface area contributed by atoms with Crippen molar-refractivity contribution in [3.8, 4) is 0 Å². The van der Waals surface area contributed by atoms with Gasteiger partial charge < -0.3 is 14.7 Å². The summed E-state index contributed by atoms with van der Waals surface area (Å²) in [5.41, 5.74) is 0.0892. The van der Waals surface area contributed by atoms with E-state index in [4.69, 9.17) is 4.74 Å². The van der Waals surface area contributed by atoms with Gasteiger partial charge in [-0.2, -0.15) is 0 Å². The van der Waals surface area contributed by atoms with Gasteiger partial charge in [0.2, 0.25) is 0 Å². The SMILES string of the molecule is CCOC1CC(O)C12CCN(C[Si](C)(C)C)CC2. The van der Waals surface area contributed by atoms with E-state index < -0.39 is 8.07 Å². The molecule has 1 heterocycles. The third-order valence-electron chi connectivity index (χ3n) is 4.59. The van der Waals surface area contributed by atoms with Gasteiger partial charge in [-0.1, -0.05) is 19.6 Å². The maximum atomic E-state index is 10.1. The predicted molar refractivity (Wildman–Crippen MR) is 77.5 cm³/mol. The first-order valence-electron chi connectivity index (χ1n) is 7.39. The monoisotopic (exact) mass is 271 g/mol. The normalized spacial score (nSPS) is 32.5. The lowest BCUT2D eigenvalue weighted by atomic mass is 9.58. The fourth-order valence-corrected chi connectivity index (χ4v) is 5.27. The van der Waals surface area contributed by atoms with Crippen LogP contribution >= 0.6 is 0 Å². The Kier molecular flexibility index (Phi) is 4.22. The van der Waals surface area contributed by atoms with E-state index in [1.807, 2.05) is 0 Å². The Hall–Kier alpha value is 0.0969. The molecule has 1 N–H and O–H groups in total. The van der Waals surface area contributed by atoms with Crippen molar-refractivity contribution >= 4 is 8.07 Å². The van der Waals surface area contributed by atoms with Gasteiger partial charge in [-0.05, 0) is 39.0 Å². The first kappa shape index (κ1) is 14.5. The number of ether oxygens (including phenoxy) is 1. The van der Waals surface area contributed by atoms with Crippen molar-refractivity contribution < 1.29 is 9.84 Å². The highest BCUT2D eigenvalue weighted by molar-refractivity contribution is 6.76. The summed E-state index contributed by atoms with van der Waals surface area (Å²) in [6.07, 6.45) is 4.56. The third-order valence-corrected chi connectivity index (χ3v) is 5.99. The molecule has 2 rings (SSSR count). The molecule has 2 fully saturated rings. The summed E-state index contributed by atoms with van der Waals surface area (Å²) in [5.74, 6) is 0. The van der Waals surface area contributed by atoms with Gasteiger partial charge in [0.25, 0.3) is 0 Å². The number of hydrogen-bond acceptors (Lipinski definition) is 3. The maximum Gasteiger partial charge on any atom is 0.0681 e. The minimum atomic E-state index is -1.00. The number of likely N-dealkylation sites (tertiary alicyclic amines) is 1. The predicted octanol–water partition coefficient (Wildman–Crippen LogP) is 2.12. The molecular weight excluding hydrogens is 242 g/mol. The minimum Gasteiger partial charge on any atom is -0.392 e. The van der Waals surface area contributed by atoms with E-state index in [0.717, 1.165) is 39.0 Å². The number of hydrogen-bond donors (Lipinski definition) is 1. The lowest BCUT2D eigenvalue weighted by molar-refractivity contribution is -0.208. The smallest absolute Gasteiger partial charge is 0.0681 e. The second-order valence-electron chi connectivity index (χ2n) is 7.27. The lowest BCUT2D eigenvalue weighted by Crippen LogP contribution is -2.63. The highest BCUT2D eigenvalue weighted by atomic mass is 28.3. The van der Waals surface area contributed by atoms with Crippen molar-refractivity contribution in [2.24, 2.45) is 5.41 Å². The van der Waals surface area contributed by atoms with Gasteiger partial charge in [0.05, 0.1) is 20.3 Å². The molecule has 3 nitrogen and oxygen atoms in total. The van der Waals surface area contributed by atoms with Crippen LogP contribution in [0.25, 0.3) is 0 Å². The number of piperidine rings is 1. The average molecular weight is 271 g/mol. The molecule has 1 spiro atoms. The molecule has 1 saturated carbocycles. The molecule has 106 valence electrons. The largest absolute Gasteiger partial charge is 0.392 e. The van der Waals surface area contributed by atoms with Gasteiger partial charge in [0.1, 0.15) is 0 Å². The lowest BCUT2D eigenvalue weighted by Gasteiger charge is -2.57. The number of rotatable bonds is 4. The quantitative estimate of drug-likeness (QED) is 0.795. The third kappa shape index (κ3) is 2.82. The molecule has 0 radical (unpaired) electrons. The summed E-state index contributed by atoms with van der Waals surface area (Å²) < 4.78 is 5.81. The molecule has 0 amide bonds. The van der Waals surface area contributed by atoms with E-state index >= 15 is 0 Å². The zero-order valence-corrected chi connectivity index (χ0v) is 13.4. The van der Waals surface area contributed by atoms with Gasteiger partial charge in [-0.25, -0.2) is 0 Å². The average Bonchev–Trinajstić information content (AvgIpc) is 2.28. The first-order chi connectivity index (χ1) is 8.37. The van der Waals surface area contributed by atoms with Gasteiger partial charge in [-0.3, -0.25) is 0 Å². The molecule has 0 aromatic rings. The van der Waals surface area contributed by atoms with E-state index in [9.17, 15) is 5.11 Å². The summed E-state index contributed by atoms with van der Waals surface area (Å²) in [6, 6.07) is 0. The highest BCUT2D eigenvalue weighted by Gasteiger charge is 2.55.